The normalized spacial score (nSPS) is 12.2. The third-order valence-electron chi connectivity index (χ3n) is 2.12. The Bertz CT molecular complexity index is 313. The standard InChI is InChI=1S/C10H19N5/c1-4-5-7(2)13-9-6-8(12-3)14-10(11)15-9/h6-7H,4-5H2,1-3H3,(H4,11,12,13,14,15). The number of nitrogens with two attached hydrogens (primary N) is 1. The van der Waals surface area contributed by atoms with E-state index >= 15 is 0 Å². The molecule has 1 heterocycles. The first-order valence-corrected chi connectivity index (χ1v) is 5.24. The predicted octanol–water partition coefficient (Wildman–Crippen LogP) is 1.70. The second-order valence-corrected chi connectivity index (χ2v) is 3.58. The van der Waals surface area contributed by atoms with Crippen LogP contribution in [-0.2, 0) is 0 Å². The molecule has 84 valence electrons. The van der Waals surface area contributed by atoms with Gasteiger partial charge < -0.3 is 16.4 Å². The van der Waals surface area contributed by atoms with Crippen LogP contribution in [0.25, 0.3) is 0 Å². The van der Waals surface area contributed by atoms with E-state index < -0.39 is 0 Å². The molecule has 0 fully saturated rings. The Balaban J connectivity index is 2.71. The lowest BCUT2D eigenvalue weighted by molar-refractivity contribution is 0.687. The fraction of sp³-hybridized carbons (Fsp3) is 0.600. The molecule has 0 saturated carbocycles. The predicted molar refractivity (Wildman–Crippen MR) is 64.0 cm³/mol. The van der Waals surface area contributed by atoms with Gasteiger partial charge in [-0.3, -0.25) is 0 Å². The average Bonchev–Trinajstić information content (AvgIpc) is 2.17. The lowest BCUT2D eigenvalue weighted by Gasteiger charge is -2.14. The van der Waals surface area contributed by atoms with Gasteiger partial charge in [-0.05, 0) is 13.3 Å². The van der Waals surface area contributed by atoms with E-state index in [2.05, 4.69) is 34.4 Å². The van der Waals surface area contributed by atoms with Crippen molar-refractivity contribution in [2.45, 2.75) is 32.7 Å². The quantitative estimate of drug-likeness (QED) is 0.688. The molecule has 0 aliphatic heterocycles. The maximum atomic E-state index is 5.58. The summed E-state index contributed by atoms with van der Waals surface area (Å²) in [6.45, 7) is 4.28. The molecule has 1 aromatic heterocycles. The van der Waals surface area contributed by atoms with Crippen LogP contribution in [0.3, 0.4) is 0 Å². The number of aromatic nitrogens is 2. The van der Waals surface area contributed by atoms with E-state index in [1.54, 1.807) is 7.05 Å². The zero-order valence-electron chi connectivity index (χ0n) is 9.54. The molecular formula is C10H19N5. The molecule has 0 bridgehead atoms. The van der Waals surface area contributed by atoms with Crippen LogP contribution in [0.4, 0.5) is 17.6 Å². The van der Waals surface area contributed by atoms with Crippen LogP contribution in [0.5, 0.6) is 0 Å². The van der Waals surface area contributed by atoms with Crippen LogP contribution < -0.4 is 16.4 Å². The molecule has 0 radical (unpaired) electrons. The highest BCUT2D eigenvalue weighted by molar-refractivity contribution is 5.50. The highest BCUT2D eigenvalue weighted by Crippen LogP contribution is 2.13. The first kappa shape index (κ1) is 11.6. The van der Waals surface area contributed by atoms with Gasteiger partial charge in [0.25, 0.3) is 0 Å². The fourth-order valence-corrected chi connectivity index (χ4v) is 1.43. The van der Waals surface area contributed by atoms with Gasteiger partial charge in [-0.25, -0.2) is 0 Å². The van der Waals surface area contributed by atoms with E-state index in [1.807, 2.05) is 6.07 Å². The Morgan fingerprint density at radius 3 is 2.67 bits per heavy atom. The molecule has 0 aromatic carbocycles. The van der Waals surface area contributed by atoms with Crippen molar-refractivity contribution in [3.8, 4) is 0 Å². The number of hydrogen-bond donors (Lipinski definition) is 3. The smallest absolute Gasteiger partial charge is 0.223 e. The molecule has 1 atom stereocenters. The summed E-state index contributed by atoms with van der Waals surface area (Å²) in [5.41, 5.74) is 5.58. The van der Waals surface area contributed by atoms with E-state index in [0.29, 0.717) is 6.04 Å². The second-order valence-electron chi connectivity index (χ2n) is 3.58. The monoisotopic (exact) mass is 209 g/mol. The minimum absolute atomic E-state index is 0.285. The Kier molecular flexibility index (Phi) is 4.15. The third kappa shape index (κ3) is 3.61. The van der Waals surface area contributed by atoms with E-state index in [0.717, 1.165) is 24.5 Å². The molecule has 15 heavy (non-hydrogen) atoms. The maximum Gasteiger partial charge on any atom is 0.223 e. The van der Waals surface area contributed by atoms with Gasteiger partial charge in [0.15, 0.2) is 0 Å². The van der Waals surface area contributed by atoms with E-state index in [4.69, 9.17) is 5.73 Å². The summed E-state index contributed by atoms with van der Waals surface area (Å²) >= 11 is 0. The van der Waals surface area contributed by atoms with Crippen LogP contribution in [0.2, 0.25) is 0 Å². The number of anilines is 3. The van der Waals surface area contributed by atoms with E-state index in [9.17, 15) is 0 Å². The summed E-state index contributed by atoms with van der Waals surface area (Å²) in [5.74, 6) is 1.79. The van der Waals surface area contributed by atoms with Gasteiger partial charge in [0, 0.05) is 19.2 Å². The molecule has 5 heteroatoms. The van der Waals surface area contributed by atoms with Gasteiger partial charge in [-0.1, -0.05) is 13.3 Å². The molecule has 0 aliphatic carbocycles. The summed E-state index contributed by atoms with van der Waals surface area (Å²) in [7, 11) is 1.81. The van der Waals surface area contributed by atoms with Gasteiger partial charge in [-0.2, -0.15) is 9.97 Å². The fourth-order valence-electron chi connectivity index (χ4n) is 1.43. The number of nitrogens with zero attached hydrogens (tertiary/aromatic N) is 2. The van der Waals surface area contributed by atoms with Gasteiger partial charge in [0.2, 0.25) is 5.95 Å². The Labute approximate surface area is 90.5 Å². The van der Waals surface area contributed by atoms with Crippen molar-refractivity contribution in [2.24, 2.45) is 0 Å². The molecule has 1 unspecified atom stereocenters. The molecule has 0 spiro atoms. The largest absolute Gasteiger partial charge is 0.373 e. The zero-order chi connectivity index (χ0) is 11.3. The Hall–Kier alpha value is -1.52. The van der Waals surface area contributed by atoms with Crippen molar-refractivity contribution in [1.29, 1.82) is 0 Å². The van der Waals surface area contributed by atoms with Crippen molar-refractivity contribution < 1.29 is 0 Å². The number of nitrogens with one attached hydrogen (secondary N) is 2. The second kappa shape index (κ2) is 5.38. The molecule has 4 N–H and O–H groups in total. The molecule has 0 aliphatic rings. The highest BCUT2D eigenvalue weighted by atomic mass is 15.1. The van der Waals surface area contributed by atoms with E-state index in [-0.39, 0.29) is 5.95 Å². The lowest BCUT2D eigenvalue weighted by Crippen LogP contribution is -2.16. The van der Waals surface area contributed by atoms with Crippen LogP contribution in [0.1, 0.15) is 26.7 Å². The number of nitrogen functional groups attached to an aromatic ring is 1. The molecule has 1 rings (SSSR count). The summed E-state index contributed by atoms with van der Waals surface area (Å²) in [6, 6.07) is 2.25. The summed E-state index contributed by atoms with van der Waals surface area (Å²) in [4.78, 5) is 8.14. The van der Waals surface area contributed by atoms with Crippen LogP contribution >= 0.6 is 0 Å². The van der Waals surface area contributed by atoms with Gasteiger partial charge in [0.1, 0.15) is 11.6 Å². The number of hydrogen-bond acceptors (Lipinski definition) is 5. The van der Waals surface area contributed by atoms with Crippen molar-refractivity contribution in [3.63, 3.8) is 0 Å². The van der Waals surface area contributed by atoms with Crippen LogP contribution in [0.15, 0.2) is 6.07 Å². The van der Waals surface area contributed by atoms with Gasteiger partial charge in [0.05, 0.1) is 0 Å². The van der Waals surface area contributed by atoms with E-state index in [1.165, 1.54) is 0 Å². The van der Waals surface area contributed by atoms with Crippen molar-refractivity contribution in [3.05, 3.63) is 6.07 Å². The van der Waals surface area contributed by atoms with Crippen LogP contribution in [0, 0.1) is 0 Å². The first-order valence-electron chi connectivity index (χ1n) is 5.24. The summed E-state index contributed by atoms with van der Waals surface area (Å²) in [5, 5.41) is 6.23. The topological polar surface area (TPSA) is 75.9 Å². The number of rotatable bonds is 5. The molecule has 0 amide bonds. The molecule has 0 saturated heterocycles. The van der Waals surface area contributed by atoms with Crippen molar-refractivity contribution >= 4 is 17.6 Å². The minimum Gasteiger partial charge on any atom is -0.373 e. The lowest BCUT2D eigenvalue weighted by atomic mass is 10.2. The van der Waals surface area contributed by atoms with Crippen molar-refractivity contribution in [1.82, 2.24) is 9.97 Å². The highest BCUT2D eigenvalue weighted by Gasteiger charge is 2.04. The SMILES string of the molecule is CCCC(C)Nc1cc(NC)nc(N)n1. The Morgan fingerprint density at radius 2 is 2.07 bits per heavy atom. The first-order chi connectivity index (χ1) is 7.15. The van der Waals surface area contributed by atoms with Gasteiger partial charge >= 0.3 is 0 Å². The third-order valence-corrected chi connectivity index (χ3v) is 2.12. The minimum atomic E-state index is 0.285. The molecule has 5 nitrogen and oxygen atoms in total. The maximum absolute atomic E-state index is 5.58. The summed E-state index contributed by atoms with van der Waals surface area (Å²) in [6.07, 6.45) is 2.26. The van der Waals surface area contributed by atoms with Gasteiger partial charge in [-0.15, -0.1) is 0 Å². The Morgan fingerprint density at radius 1 is 1.40 bits per heavy atom. The van der Waals surface area contributed by atoms with Crippen molar-refractivity contribution in [2.75, 3.05) is 23.4 Å². The van der Waals surface area contributed by atoms with Crippen LogP contribution in [-0.4, -0.2) is 23.1 Å². The summed E-state index contributed by atoms with van der Waals surface area (Å²) < 4.78 is 0. The molecular weight excluding hydrogens is 190 g/mol. The molecule has 1 aromatic rings. The zero-order valence-corrected chi connectivity index (χ0v) is 9.54. The average molecular weight is 209 g/mol.